The van der Waals surface area contributed by atoms with Crippen molar-refractivity contribution in [2.75, 3.05) is 30.5 Å². The van der Waals surface area contributed by atoms with E-state index in [1.165, 1.54) is 0 Å². The zero-order valence-corrected chi connectivity index (χ0v) is 10.5. The smallest absolute Gasteiger partial charge is 0.158 e. The van der Waals surface area contributed by atoms with E-state index in [1.807, 2.05) is 0 Å². The highest BCUT2D eigenvalue weighted by Gasteiger charge is 2.19. The molecule has 0 spiro atoms. The normalized spacial score (nSPS) is 16.9. The van der Waals surface area contributed by atoms with E-state index in [0.29, 0.717) is 18.2 Å². The molecule has 0 radical (unpaired) electrons. The minimum absolute atomic E-state index is 0.200. The Kier molecular flexibility index (Phi) is 4.29. The van der Waals surface area contributed by atoms with Gasteiger partial charge in [-0.05, 0) is 12.8 Å². The average molecular weight is 253 g/mol. The van der Waals surface area contributed by atoms with Gasteiger partial charge in [-0.1, -0.05) is 0 Å². The number of aliphatic hydroxyl groups is 1. The molecular formula is C11H19N5O2. The van der Waals surface area contributed by atoms with Crippen molar-refractivity contribution < 1.29 is 9.84 Å². The molecule has 1 saturated heterocycles. The number of hydrogen-bond acceptors (Lipinski definition) is 7. The predicted octanol–water partition coefficient (Wildman–Crippen LogP) is -0.130. The summed E-state index contributed by atoms with van der Waals surface area (Å²) in [7, 11) is 1.60. The van der Waals surface area contributed by atoms with Crippen LogP contribution in [0.5, 0.6) is 0 Å². The van der Waals surface area contributed by atoms with Crippen molar-refractivity contribution in [3.63, 3.8) is 0 Å². The molecule has 0 unspecified atom stereocenters. The molecule has 0 saturated carbocycles. The molecule has 1 fully saturated rings. The third kappa shape index (κ3) is 3.06. The molecule has 7 nitrogen and oxygen atoms in total. The summed E-state index contributed by atoms with van der Waals surface area (Å²) >= 11 is 0. The van der Waals surface area contributed by atoms with Crippen LogP contribution < -0.4 is 16.2 Å². The van der Waals surface area contributed by atoms with Crippen LogP contribution in [0.4, 0.5) is 11.6 Å². The highest BCUT2D eigenvalue weighted by molar-refractivity contribution is 5.49. The fourth-order valence-corrected chi connectivity index (χ4v) is 2.01. The average Bonchev–Trinajstić information content (AvgIpc) is 2.39. The number of anilines is 2. The molecular weight excluding hydrogens is 234 g/mol. The maximum Gasteiger partial charge on any atom is 0.158 e. The molecule has 1 aromatic heterocycles. The van der Waals surface area contributed by atoms with Gasteiger partial charge in [0.15, 0.2) is 5.82 Å². The van der Waals surface area contributed by atoms with Crippen LogP contribution in [-0.2, 0) is 11.3 Å². The Morgan fingerprint density at radius 2 is 2.22 bits per heavy atom. The third-order valence-electron chi connectivity index (χ3n) is 2.97. The van der Waals surface area contributed by atoms with E-state index in [2.05, 4.69) is 20.3 Å². The molecule has 2 rings (SSSR count). The van der Waals surface area contributed by atoms with Crippen LogP contribution >= 0.6 is 0 Å². The van der Waals surface area contributed by atoms with Crippen molar-refractivity contribution in [1.29, 1.82) is 0 Å². The summed E-state index contributed by atoms with van der Waals surface area (Å²) in [4.78, 5) is 10.8. The third-order valence-corrected chi connectivity index (χ3v) is 2.97. The van der Waals surface area contributed by atoms with Gasteiger partial charge in [0.05, 0.1) is 6.10 Å². The molecule has 0 aromatic carbocycles. The topological polar surface area (TPSA) is 96.5 Å². The number of aliphatic hydroxyl groups excluding tert-OH is 1. The number of rotatable bonds is 4. The number of nitrogens with two attached hydrogens (primary N) is 1. The summed E-state index contributed by atoms with van der Waals surface area (Å²) in [5.41, 5.74) is 2.53. The zero-order valence-electron chi connectivity index (χ0n) is 10.5. The number of methoxy groups -OCH3 is 1. The van der Waals surface area contributed by atoms with E-state index >= 15 is 0 Å². The number of aromatic nitrogens is 2. The molecule has 0 aliphatic carbocycles. The molecule has 0 bridgehead atoms. The standard InChI is InChI=1S/C11H19N5O2/c1-18-7-10-13-9(15-12)6-11(14-10)16-4-2-8(17)3-5-16/h6,8,17H,2-5,7,12H2,1H3,(H,13,14,15). The van der Waals surface area contributed by atoms with E-state index < -0.39 is 0 Å². The number of nitrogen functional groups attached to an aromatic ring is 1. The van der Waals surface area contributed by atoms with Gasteiger partial charge in [-0.3, -0.25) is 0 Å². The summed E-state index contributed by atoms with van der Waals surface area (Å²) in [5.74, 6) is 7.37. The summed E-state index contributed by atoms with van der Waals surface area (Å²) in [6.07, 6.45) is 1.32. The van der Waals surface area contributed by atoms with Gasteiger partial charge in [-0.25, -0.2) is 15.8 Å². The Morgan fingerprint density at radius 1 is 1.50 bits per heavy atom. The minimum Gasteiger partial charge on any atom is -0.393 e. The van der Waals surface area contributed by atoms with Gasteiger partial charge in [-0.15, -0.1) is 0 Å². The Hall–Kier alpha value is -1.44. The van der Waals surface area contributed by atoms with Gasteiger partial charge in [0.2, 0.25) is 0 Å². The first-order chi connectivity index (χ1) is 8.72. The van der Waals surface area contributed by atoms with Crippen molar-refractivity contribution >= 4 is 11.6 Å². The lowest BCUT2D eigenvalue weighted by Gasteiger charge is -2.30. The highest BCUT2D eigenvalue weighted by Crippen LogP contribution is 2.20. The molecule has 18 heavy (non-hydrogen) atoms. The van der Waals surface area contributed by atoms with Crippen LogP contribution in [0.2, 0.25) is 0 Å². The van der Waals surface area contributed by atoms with Crippen LogP contribution in [0.15, 0.2) is 6.07 Å². The molecule has 0 amide bonds. The second-order valence-electron chi connectivity index (χ2n) is 4.32. The van der Waals surface area contributed by atoms with Gasteiger partial charge in [0.25, 0.3) is 0 Å². The number of nitrogens with zero attached hydrogens (tertiary/aromatic N) is 3. The number of hydrazine groups is 1. The van der Waals surface area contributed by atoms with E-state index in [1.54, 1.807) is 13.2 Å². The van der Waals surface area contributed by atoms with Gasteiger partial charge in [-0.2, -0.15) is 0 Å². The van der Waals surface area contributed by atoms with E-state index in [0.717, 1.165) is 31.7 Å². The monoisotopic (exact) mass is 253 g/mol. The fraction of sp³-hybridized carbons (Fsp3) is 0.636. The lowest BCUT2D eigenvalue weighted by Crippen LogP contribution is -2.36. The number of nitrogens with one attached hydrogen (secondary N) is 1. The fourth-order valence-electron chi connectivity index (χ4n) is 2.01. The first kappa shape index (κ1) is 13.0. The van der Waals surface area contributed by atoms with Crippen LogP contribution in [0.3, 0.4) is 0 Å². The molecule has 0 atom stereocenters. The maximum absolute atomic E-state index is 9.50. The highest BCUT2D eigenvalue weighted by atomic mass is 16.5. The SMILES string of the molecule is COCc1nc(NN)cc(N2CCC(O)CC2)n1. The van der Waals surface area contributed by atoms with Crippen molar-refractivity contribution in [3.05, 3.63) is 11.9 Å². The Balaban J connectivity index is 2.17. The quantitative estimate of drug-likeness (QED) is 0.508. The van der Waals surface area contributed by atoms with E-state index in [-0.39, 0.29) is 6.10 Å². The Bertz CT molecular complexity index is 393. The molecule has 4 N–H and O–H groups in total. The van der Waals surface area contributed by atoms with Gasteiger partial charge in [0.1, 0.15) is 18.2 Å². The molecule has 1 aliphatic rings. The van der Waals surface area contributed by atoms with Crippen LogP contribution in [0.1, 0.15) is 18.7 Å². The van der Waals surface area contributed by atoms with Gasteiger partial charge in [0, 0.05) is 26.3 Å². The summed E-state index contributed by atoms with van der Waals surface area (Å²) < 4.78 is 5.03. The zero-order chi connectivity index (χ0) is 13.0. The first-order valence-corrected chi connectivity index (χ1v) is 5.99. The Labute approximate surface area is 106 Å². The van der Waals surface area contributed by atoms with E-state index in [9.17, 15) is 5.11 Å². The second-order valence-corrected chi connectivity index (χ2v) is 4.32. The van der Waals surface area contributed by atoms with Gasteiger partial charge >= 0.3 is 0 Å². The summed E-state index contributed by atoms with van der Waals surface area (Å²) in [6.45, 7) is 1.92. The molecule has 2 heterocycles. The Morgan fingerprint density at radius 3 is 2.83 bits per heavy atom. The van der Waals surface area contributed by atoms with Crippen molar-refractivity contribution in [1.82, 2.24) is 9.97 Å². The second kappa shape index (κ2) is 5.94. The lowest BCUT2D eigenvalue weighted by atomic mass is 10.1. The minimum atomic E-state index is -0.200. The van der Waals surface area contributed by atoms with Crippen LogP contribution in [0.25, 0.3) is 0 Å². The first-order valence-electron chi connectivity index (χ1n) is 5.99. The van der Waals surface area contributed by atoms with Crippen molar-refractivity contribution in [2.24, 2.45) is 5.84 Å². The molecule has 7 heteroatoms. The largest absolute Gasteiger partial charge is 0.393 e. The predicted molar refractivity (Wildman–Crippen MR) is 68.0 cm³/mol. The summed E-state index contributed by atoms with van der Waals surface area (Å²) in [6, 6.07) is 1.80. The maximum atomic E-state index is 9.50. The molecule has 1 aliphatic heterocycles. The van der Waals surface area contributed by atoms with E-state index in [4.69, 9.17) is 10.6 Å². The lowest BCUT2D eigenvalue weighted by molar-refractivity contribution is 0.145. The number of hydrogen-bond donors (Lipinski definition) is 3. The van der Waals surface area contributed by atoms with Crippen molar-refractivity contribution in [2.45, 2.75) is 25.6 Å². The van der Waals surface area contributed by atoms with Gasteiger partial charge < -0.3 is 20.2 Å². The summed E-state index contributed by atoms with van der Waals surface area (Å²) in [5, 5.41) is 9.50. The van der Waals surface area contributed by atoms with Crippen molar-refractivity contribution in [3.8, 4) is 0 Å². The number of piperidine rings is 1. The van der Waals surface area contributed by atoms with Crippen LogP contribution in [0, 0.1) is 0 Å². The number of ether oxygens (including phenoxy) is 1. The molecule has 100 valence electrons. The van der Waals surface area contributed by atoms with Crippen LogP contribution in [-0.4, -0.2) is 41.4 Å². The molecule has 1 aromatic rings.